The highest BCUT2D eigenvalue weighted by molar-refractivity contribution is 9.10. The van der Waals surface area contributed by atoms with Crippen LogP contribution in [0.4, 0.5) is 0 Å². The second-order valence-electron chi connectivity index (χ2n) is 3.17. The summed E-state index contributed by atoms with van der Waals surface area (Å²) >= 11 is 3.29. The fraction of sp³-hybridized carbons (Fsp3) is 0.300. The lowest BCUT2D eigenvalue weighted by molar-refractivity contribution is -0.138. The van der Waals surface area contributed by atoms with E-state index >= 15 is 0 Å². The zero-order chi connectivity index (χ0) is 10.9. The van der Waals surface area contributed by atoms with Crippen LogP contribution in [-0.2, 0) is 4.79 Å². The van der Waals surface area contributed by atoms with Crippen LogP contribution in [0, 0.1) is 6.92 Å². The Kier molecular flexibility index (Phi) is 3.16. The van der Waals surface area contributed by atoms with E-state index in [0.717, 1.165) is 10.0 Å². The molecule has 0 aromatic heterocycles. The molecule has 0 bridgehead atoms. The fourth-order valence-corrected chi connectivity index (χ4v) is 1.70. The Balaban J connectivity index is 3.32. The van der Waals surface area contributed by atoms with Crippen molar-refractivity contribution in [3.8, 4) is 5.75 Å². The van der Waals surface area contributed by atoms with E-state index in [1.54, 1.807) is 19.9 Å². The molecule has 0 saturated carbocycles. The molecular weight excluding hydrogens is 248 g/mol. The molecule has 1 atom stereocenters. The maximum Gasteiger partial charge on any atom is 0.310 e. The van der Waals surface area contributed by atoms with Gasteiger partial charge in [-0.05, 0) is 31.5 Å². The number of benzene rings is 1. The first-order chi connectivity index (χ1) is 6.45. The Bertz CT molecular complexity index is 374. The number of halogens is 1. The first-order valence-corrected chi connectivity index (χ1v) is 4.95. The van der Waals surface area contributed by atoms with Crippen molar-refractivity contribution in [2.24, 2.45) is 0 Å². The third-order valence-electron chi connectivity index (χ3n) is 2.23. The molecule has 4 heteroatoms. The summed E-state index contributed by atoms with van der Waals surface area (Å²) in [5, 5.41) is 18.4. The molecule has 2 N–H and O–H groups in total. The van der Waals surface area contributed by atoms with Gasteiger partial charge in [-0.2, -0.15) is 0 Å². The minimum absolute atomic E-state index is 0.0283. The van der Waals surface area contributed by atoms with Crippen molar-refractivity contribution in [3.05, 3.63) is 27.7 Å². The molecule has 1 aromatic carbocycles. The number of carboxylic acid groups (broad SMARTS) is 1. The van der Waals surface area contributed by atoms with E-state index in [1.165, 1.54) is 6.07 Å². The highest BCUT2D eigenvalue weighted by Crippen LogP contribution is 2.33. The lowest BCUT2D eigenvalue weighted by Gasteiger charge is -2.13. The molecule has 0 amide bonds. The van der Waals surface area contributed by atoms with E-state index < -0.39 is 11.9 Å². The van der Waals surface area contributed by atoms with Crippen molar-refractivity contribution < 1.29 is 15.0 Å². The van der Waals surface area contributed by atoms with Crippen LogP contribution >= 0.6 is 15.9 Å². The van der Waals surface area contributed by atoms with E-state index in [2.05, 4.69) is 15.9 Å². The zero-order valence-corrected chi connectivity index (χ0v) is 9.50. The van der Waals surface area contributed by atoms with Gasteiger partial charge in [0.1, 0.15) is 5.75 Å². The number of phenols is 1. The highest BCUT2D eigenvalue weighted by Gasteiger charge is 2.20. The number of hydrogen-bond acceptors (Lipinski definition) is 2. The zero-order valence-electron chi connectivity index (χ0n) is 7.91. The monoisotopic (exact) mass is 258 g/mol. The SMILES string of the molecule is Cc1c(Br)ccc(O)c1C(C)C(=O)O. The Hall–Kier alpha value is -1.03. The largest absolute Gasteiger partial charge is 0.508 e. The summed E-state index contributed by atoms with van der Waals surface area (Å²) in [6.45, 7) is 3.33. The van der Waals surface area contributed by atoms with Crippen LogP contribution in [0.2, 0.25) is 0 Å². The maximum absolute atomic E-state index is 10.8. The van der Waals surface area contributed by atoms with Crippen LogP contribution in [0.1, 0.15) is 24.0 Å². The summed E-state index contributed by atoms with van der Waals surface area (Å²) in [6, 6.07) is 3.19. The smallest absolute Gasteiger partial charge is 0.310 e. The predicted octanol–water partition coefficient (Wildman–Crippen LogP) is 2.65. The molecular formula is C10H11BrO3. The summed E-state index contributed by atoms with van der Waals surface area (Å²) in [4.78, 5) is 10.8. The third-order valence-corrected chi connectivity index (χ3v) is 3.09. The van der Waals surface area contributed by atoms with Crippen LogP contribution < -0.4 is 0 Å². The number of phenolic OH excluding ortho intramolecular Hbond substituents is 1. The van der Waals surface area contributed by atoms with Gasteiger partial charge in [0.15, 0.2) is 0 Å². The maximum atomic E-state index is 10.8. The number of aliphatic carboxylic acids is 1. The average molecular weight is 259 g/mol. The Morgan fingerprint density at radius 3 is 2.57 bits per heavy atom. The van der Waals surface area contributed by atoms with Gasteiger partial charge in [-0.15, -0.1) is 0 Å². The molecule has 0 aliphatic heterocycles. The summed E-state index contributed by atoms with van der Waals surface area (Å²) in [7, 11) is 0. The number of carboxylic acids is 1. The van der Waals surface area contributed by atoms with E-state index in [9.17, 15) is 9.90 Å². The van der Waals surface area contributed by atoms with Crippen LogP contribution in [0.3, 0.4) is 0 Å². The molecule has 1 aromatic rings. The van der Waals surface area contributed by atoms with Crippen molar-refractivity contribution in [1.82, 2.24) is 0 Å². The second-order valence-corrected chi connectivity index (χ2v) is 4.02. The average Bonchev–Trinajstić information content (AvgIpc) is 2.12. The van der Waals surface area contributed by atoms with Gasteiger partial charge in [-0.1, -0.05) is 15.9 Å². The van der Waals surface area contributed by atoms with E-state index in [1.807, 2.05) is 0 Å². The molecule has 1 unspecified atom stereocenters. The molecule has 1 rings (SSSR count). The lowest BCUT2D eigenvalue weighted by atomic mass is 9.95. The normalized spacial score (nSPS) is 12.5. The minimum atomic E-state index is -0.943. The molecule has 0 aliphatic rings. The first kappa shape index (κ1) is 11.0. The third kappa shape index (κ3) is 1.90. The Morgan fingerprint density at radius 2 is 2.07 bits per heavy atom. The summed E-state index contributed by atoms with van der Waals surface area (Å²) < 4.78 is 0.804. The molecule has 0 radical (unpaired) electrons. The van der Waals surface area contributed by atoms with Gasteiger partial charge in [0, 0.05) is 10.0 Å². The van der Waals surface area contributed by atoms with Crippen molar-refractivity contribution in [3.63, 3.8) is 0 Å². The second kappa shape index (κ2) is 4.00. The van der Waals surface area contributed by atoms with Crippen LogP contribution in [-0.4, -0.2) is 16.2 Å². The van der Waals surface area contributed by atoms with Crippen molar-refractivity contribution in [2.45, 2.75) is 19.8 Å². The molecule has 0 heterocycles. The molecule has 0 fully saturated rings. The number of rotatable bonds is 2. The number of aromatic hydroxyl groups is 1. The van der Waals surface area contributed by atoms with Crippen molar-refractivity contribution in [2.75, 3.05) is 0 Å². The Labute approximate surface area is 90.5 Å². The van der Waals surface area contributed by atoms with Crippen molar-refractivity contribution in [1.29, 1.82) is 0 Å². The number of carbonyl (C=O) groups is 1. The summed E-state index contributed by atoms with van der Waals surface area (Å²) in [5.41, 5.74) is 1.23. The first-order valence-electron chi connectivity index (χ1n) is 4.16. The molecule has 0 spiro atoms. The predicted molar refractivity (Wildman–Crippen MR) is 56.6 cm³/mol. The summed E-state index contributed by atoms with van der Waals surface area (Å²) in [5.74, 6) is -1.62. The molecule has 0 saturated heterocycles. The quantitative estimate of drug-likeness (QED) is 0.858. The van der Waals surface area contributed by atoms with E-state index in [4.69, 9.17) is 5.11 Å². The molecule has 76 valence electrons. The topological polar surface area (TPSA) is 57.5 Å². The molecule has 3 nitrogen and oxygen atoms in total. The van der Waals surface area contributed by atoms with Crippen LogP contribution in [0.15, 0.2) is 16.6 Å². The van der Waals surface area contributed by atoms with Gasteiger partial charge in [-0.25, -0.2) is 0 Å². The van der Waals surface area contributed by atoms with E-state index in [-0.39, 0.29) is 5.75 Å². The van der Waals surface area contributed by atoms with Crippen LogP contribution in [0.5, 0.6) is 5.75 Å². The lowest BCUT2D eigenvalue weighted by Crippen LogP contribution is -2.09. The summed E-state index contributed by atoms with van der Waals surface area (Å²) in [6.07, 6.45) is 0. The van der Waals surface area contributed by atoms with Gasteiger partial charge < -0.3 is 10.2 Å². The van der Waals surface area contributed by atoms with Crippen molar-refractivity contribution >= 4 is 21.9 Å². The molecule has 14 heavy (non-hydrogen) atoms. The molecule has 0 aliphatic carbocycles. The number of hydrogen-bond donors (Lipinski definition) is 2. The Morgan fingerprint density at radius 1 is 1.50 bits per heavy atom. The fourth-order valence-electron chi connectivity index (χ4n) is 1.36. The van der Waals surface area contributed by atoms with E-state index in [0.29, 0.717) is 5.56 Å². The van der Waals surface area contributed by atoms with Gasteiger partial charge in [-0.3, -0.25) is 4.79 Å². The van der Waals surface area contributed by atoms with Gasteiger partial charge in [0.25, 0.3) is 0 Å². The van der Waals surface area contributed by atoms with Gasteiger partial charge in [0.2, 0.25) is 0 Å². The standard InChI is InChI=1S/C10H11BrO3/c1-5-7(11)3-4-8(12)9(5)6(2)10(13)14/h3-4,6,12H,1-2H3,(H,13,14). The highest BCUT2D eigenvalue weighted by atomic mass is 79.9. The minimum Gasteiger partial charge on any atom is -0.508 e. The van der Waals surface area contributed by atoms with Gasteiger partial charge in [0.05, 0.1) is 5.92 Å². The van der Waals surface area contributed by atoms with Crippen LogP contribution in [0.25, 0.3) is 0 Å². The van der Waals surface area contributed by atoms with Gasteiger partial charge >= 0.3 is 5.97 Å².